The second kappa shape index (κ2) is 12.4. The summed E-state index contributed by atoms with van der Waals surface area (Å²) < 4.78 is 132. The second-order valence-electron chi connectivity index (χ2n) is 9.87. The van der Waals surface area contributed by atoms with Crippen LogP contribution in [0.2, 0.25) is 0 Å². The number of furan rings is 1. The van der Waals surface area contributed by atoms with E-state index in [0.717, 1.165) is 6.07 Å². The predicted octanol–water partition coefficient (Wildman–Crippen LogP) is 4.27. The van der Waals surface area contributed by atoms with E-state index in [9.17, 15) is 48.0 Å². The molecule has 4 aromatic rings. The lowest BCUT2D eigenvalue weighted by molar-refractivity contribution is -0.192. The Morgan fingerprint density at radius 1 is 1.11 bits per heavy atom. The van der Waals surface area contributed by atoms with Gasteiger partial charge in [0.05, 0.1) is 23.5 Å². The van der Waals surface area contributed by atoms with Crippen LogP contribution in [0.15, 0.2) is 63.9 Å². The Bertz CT molecular complexity index is 1950. The summed E-state index contributed by atoms with van der Waals surface area (Å²) in [6, 6.07) is 12.6. The average Bonchev–Trinajstić information content (AvgIpc) is 3.62. The number of sulfonamides is 2. The highest BCUT2D eigenvalue weighted by molar-refractivity contribution is 7.90. The molecule has 2 aromatic heterocycles. The fraction of sp³-hybridized carbons (Fsp3) is 0.269. The third kappa shape index (κ3) is 7.85. The van der Waals surface area contributed by atoms with Crippen LogP contribution < -0.4 is 9.44 Å². The summed E-state index contributed by atoms with van der Waals surface area (Å²) in [5.74, 6) is -5.08. The molecule has 5 rings (SSSR count). The van der Waals surface area contributed by atoms with Crippen LogP contribution in [0.3, 0.4) is 0 Å². The Morgan fingerprint density at radius 3 is 2.24 bits per heavy atom. The van der Waals surface area contributed by atoms with Crippen LogP contribution >= 0.6 is 0 Å². The summed E-state index contributed by atoms with van der Waals surface area (Å²) in [4.78, 5) is 26.8. The normalized spacial score (nSPS) is 17.3. The molecule has 46 heavy (non-hydrogen) atoms. The van der Waals surface area contributed by atoms with Gasteiger partial charge in [-0.05, 0) is 36.6 Å². The highest BCUT2D eigenvalue weighted by Crippen LogP contribution is 2.37. The first-order valence-electron chi connectivity index (χ1n) is 12.8. The van der Waals surface area contributed by atoms with Crippen LogP contribution in [0.25, 0.3) is 11.0 Å². The number of aryl methyl sites for hydroxylation is 1. The highest BCUT2D eigenvalue weighted by atomic mass is 32.2. The minimum Gasteiger partial charge on any atom is -0.475 e. The number of alkyl halides is 6. The van der Waals surface area contributed by atoms with Gasteiger partial charge in [-0.15, -0.1) is 0 Å². The van der Waals surface area contributed by atoms with E-state index in [0.29, 0.717) is 22.2 Å². The molecule has 2 aromatic carbocycles. The number of halogens is 6. The molecule has 0 radical (unpaired) electrons. The van der Waals surface area contributed by atoms with Gasteiger partial charge in [0, 0.05) is 6.07 Å². The van der Waals surface area contributed by atoms with E-state index in [1.807, 2.05) is 4.72 Å². The zero-order valence-electron chi connectivity index (χ0n) is 23.1. The lowest BCUT2D eigenvalue weighted by Crippen LogP contribution is -2.31. The lowest BCUT2D eigenvalue weighted by Gasteiger charge is -2.18. The molecule has 1 fully saturated rings. The Kier molecular flexibility index (Phi) is 9.29. The third-order valence-corrected chi connectivity index (χ3v) is 9.62. The number of rotatable bonds is 7. The number of aliphatic carboxylic acids is 1. The van der Waals surface area contributed by atoms with Crippen molar-refractivity contribution >= 4 is 43.0 Å². The molecule has 3 heterocycles. The Balaban J connectivity index is 0.000000617. The number of aromatic amines is 1. The maximum Gasteiger partial charge on any atom is 0.490 e. The van der Waals surface area contributed by atoms with Crippen LogP contribution in [-0.4, -0.2) is 50.0 Å². The monoisotopic (exact) mass is 696 g/mol. The molecule has 0 saturated carbocycles. The van der Waals surface area contributed by atoms with E-state index in [4.69, 9.17) is 9.90 Å². The number of nitrogens with zero attached hydrogens (tertiary/aromatic N) is 1. The molecule has 4 N–H and O–H groups in total. The van der Waals surface area contributed by atoms with Crippen molar-refractivity contribution in [2.45, 2.75) is 48.3 Å². The minimum atomic E-state index is -5.08. The number of nitrogens with one attached hydrogen (secondary N) is 3. The predicted molar refractivity (Wildman–Crippen MR) is 146 cm³/mol. The van der Waals surface area contributed by atoms with Crippen molar-refractivity contribution in [3.8, 4) is 0 Å². The number of imidazole rings is 1. The Morgan fingerprint density at radius 2 is 1.72 bits per heavy atom. The number of para-hydroxylation sites is 2. The van der Waals surface area contributed by atoms with E-state index in [-0.39, 0.29) is 24.4 Å². The largest absolute Gasteiger partial charge is 0.490 e. The maximum absolute atomic E-state index is 13.5. The van der Waals surface area contributed by atoms with Gasteiger partial charge in [0.2, 0.25) is 31.7 Å². The van der Waals surface area contributed by atoms with Gasteiger partial charge < -0.3 is 14.5 Å². The molecule has 1 aliphatic rings. The number of benzene rings is 2. The Hall–Kier alpha value is -4.43. The molecule has 1 aliphatic heterocycles. The highest BCUT2D eigenvalue weighted by Gasteiger charge is 2.43. The molecule has 2 atom stereocenters. The molecular weight excluding hydrogens is 674 g/mol. The zero-order chi connectivity index (χ0) is 34.2. The van der Waals surface area contributed by atoms with E-state index >= 15 is 0 Å². The zero-order valence-corrected chi connectivity index (χ0v) is 24.7. The van der Waals surface area contributed by atoms with E-state index in [1.54, 1.807) is 36.4 Å². The van der Waals surface area contributed by atoms with Crippen molar-refractivity contribution < 1.29 is 62.3 Å². The van der Waals surface area contributed by atoms with Gasteiger partial charge >= 0.3 is 18.3 Å². The van der Waals surface area contributed by atoms with Gasteiger partial charge in [0.1, 0.15) is 21.7 Å². The fourth-order valence-electron chi connectivity index (χ4n) is 4.42. The Labute approximate surface area is 255 Å². The number of carbonyl (C=O) groups is 2. The van der Waals surface area contributed by atoms with Gasteiger partial charge in [-0.2, -0.15) is 26.3 Å². The number of hydrogen-bond acceptors (Lipinski definition) is 8. The van der Waals surface area contributed by atoms with Crippen LogP contribution in [-0.2, 0) is 42.2 Å². The molecule has 0 aliphatic carbocycles. The van der Waals surface area contributed by atoms with Crippen molar-refractivity contribution in [3.05, 3.63) is 83.1 Å². The van der Waals surface area contributed by atoms with Gasteiger partial charge in [-0.3, -0.25) is 9.52 Å². The summed E-state index contributed by atoms with van der Waals surface area (Å²) >= 11 is 0. The smallest absolute Gasteiger partial charge is 0.475 e. The molecule has 1 amide bonds. The van der Waals surface area contributed by atoms with E-state index in [1.165, 1.54) is 19.1 Å². The first-order valence-corrected chi connectivity index (χ1v) is 15.8. The summed E-state index contributed by atoms with van der Waals surface area (Å²) in [7, 11) is -8.61. The summed E-state index contributed by atoms with van der Waals surface area (Å²) in [5, 5.41) is 6.06. The van der Waals surface area contributed by atoms with Crippen LogP contribution in [0, 0.1) is 6.92 Å². The van der Waals surface area contributed by atoms with Gasteiger partial charge in [-0.1, -0.05) is 36.4 Å². The topological polar surface area (TPSA) is 189 Å². The number of carbonyl (C=O) groups excluding carboxylic acids is 1. The van der Waals surface area contributed by atoms with E-state index in [2.05, 4.69) is 19.1 Å². The number of amides is 1. The van der Waals surface area contributed by atoms with Crippen LogP contribution in [0.5, 0.6) is 0 Å². The molecule has 1 unspecified atom stereocenters. The first-order chi connectivity index (χ1) is 21.2. The van der Waals surface area contributed by atoms with Crippen molar-refractivity contribution in [1.82, 2.24) is 19.4 Å². The SMILES string of the molecule is Cc1cc(S(=O)(=O)N[C@@H](Cc2ccc(C3CC(=O)NS3(=O)=O)cc2)c2nc3ccccc3[nH]2)c(C(F)(F)F)o1.O=C(O)C(F)(F)F. The molecule has 248 valence electrons. The summed E-state index contributed by atoms with van der Waals surface area (Å²) in [5.41, 5.74) is 2.00. The van der Waals surface area contributed by atoms with Crippen LogP contribution in [0.4, 0.5) is 26.3 Å². The lowest BCUT2D eigenvalue weighted by atomic mass is 10.0. The standard InChI is InChI=1S/C24H21F3N4O6S2.C2HF3O2/c1-13-10-20(22(37-13)24(25,26)27)39(35,36)30-18(23-28-16-4-2-3-5-17(16)29-23)11-14-6-8-15(9-7-14)19-12-21(32)31-38(19,33)34;3-2(4,5)1(6)7/h2-10,18-19,30H,11-12H2,1H3,(H,28,29)(H,31,32);(H,6,7)/t18-,19?;/m0./s1. The van der Waals surface area contributed by atoms with Crippen LogP contribution in [0.1, 0.15) is 46.2 Å². The number of aromatic nitrogens is 2. The number of fused-ring (bicyclic) bond motifs is 1. The minimum absolute atomic E-state index is 0.0495. The van der Waals surface area contributed by atoms with Gasteiger partial charge in [0.25, 0.3) is 0 Å². The molecule has 0 bridgehead atoms. The molecule has 0 spiro atoms. The first kappa shape index (κ1) is 34.4. The number of H-pyrrole nitrogens is 1. The summed E-state index contributed by atoms with van der Waals surface area (Å²) in [6.07, 6.45) is -10.4. The number of carboxylic acid groups (broad SMARTS) is 1. The maximum atomic E-state index is 13.5. The van der Waals surface area contributed by atoms with E-state index < -0.39 is 66.2 Å². The summed E-state index contributed by atoms with van der Waals surface area (Å²) in [6.45, 7) is 1.21. The third-order valence-electron chi connectivity index (χ3n) is 6.44. The van der Waals surface area contributed by atoms with Crippen molar-refractivity contribution in [3.63, 3.8) is 0 Å². The van der Waals surface area contributed by atoms with Gasteiger partial charge in [0.15, 0.2) is 0 Å². The number of hydrogen-bond donors (Lipinski definition) is 4. The molecule has 20 heteroatoms. The van der Waals surface area contributed by atoms with Gasteiger partial charge in [-0.25, -0.2) is 31.3 Å². The fourth-order valence-corrected chi connectivity index (χ4v) is 7.27. The number of carboxylic acids is 1. The average molecular weight is 697 g/mol. The molecule has 1 saturated heterocycles. The van der Waals surface area contributed by atoms with Crippen molar-refractivity contribution in [2.24, 2.45) is 0 Å². The quantitative estimate of drug-likeness (QED) is 0.205. The van der Waals surface area contributed by atoms with Crippen molar-refractivity contribution in [1.29, 1.82) is 0 Å². The molecular formula is C26H22F6N4O8S2. The van der Waals surface area contributed by atoms with Crippen molar-refractivity contribution in [2.75, 3.05) is 0 Å². The second-order valence-corrected chi connectivity index (χ2v) is 13.4. The molecule has 12 nitrogen and oxygen atoms in total.